The summed E-state index contributed by atoms with van der Waals surface area (Å²) >= 11 is 11.9. The number of alkyl halides is 3. The quantitative estimate of drug-likeness (QED) is 0.00435. The zero-order chi connectivity index (χ0) is 108. The van der Waals surface area contributed by atoms with Crippen LogP contribution in [0.25, 0.3) is 11.4 Å². The van der Waals surface area contributed by atoms with E-state index in [2.05, 4.69) is 39.2 Å². The first kappa shape index (κ1) is 123. The average molecular weight is 2100 g/mol. The maximum absolute atomic E-state index is 14.0. The molecule has 10 aromatic carbocycles. The van der Waals surface area contributed by atoms with E-state index in [1.54, 1.807) is 89.6 Å². The van der Waals surface area contributed by atoms with Gasteiger partial charge in [-0.25, -0.2) is 49.3 Å². The summed E-state index contributed by atoms with van der Waals surface area (Å²) in [6.45, 7) is 1.42. The number of nitro benzene ring substituents is 4. The van der Waals surface area contributed by atoms with Gasteiger partial charge in [-0.15, -0.1) is 12.4 Å². The molecule has 50 heteroatoms. The molecule has 0 aliphatic rings. The van der Waals surface area contributed by atoms with Crippen molar-refractivity contribution in [1.29, 1.82) is 0 Å². The number of aromatic nitrogens is 4. The molecule has 0 fully saturated rings. The van der Waals surface area contributed by atoms with E-state index >= 15 is 0 Å². The first-order valence-corrected chi connectivity index (χ1v) is 42.3. The lowest BCUT2D eigenvalue weighted by Crippen LogP contribution is -2.25. The van der Waals surface area contributed by atoms with Gasteiger partial charge in [-0.05, 0) is 188 Å². The number of aliphatic hydroxyl groups is 4. The van der Waals surface area contributed by atoms with Crippen molar-refractivity contribution < 1.29 is 150 Å². The number of nitrogens with zero attached hydrogens (tertiary/aromatic N) is 8. The molecule has 145 heavy (non-hydrogen) atoms. The number of esters is 5. The van der Waals surface area contributed by atoms with Crippen LogP contribution in [0.2, 0.25) is 10.0 Å². The van der Waals surface area contributed by atoms with Gasteiger partial charge in [0.25, 0.3) is 22.7 Å². The van der Waals surface area contributed by atoms with Gasteiger partial charge in [0, 0.05) is 103 Å². The summed E-state index contributed by atoms with van der Waals surface area (Å²) < 4.78 is 172. The summed E-state index contributed by atoms with van der Waals surface area (Å²) in [4.78, 5) is 116. The monoisotopic (exact) mass is 2100 g/mol. The van der Waals surface area contributed by atoms with Gasteiger partial charge in [0.2, 0.25) is 0 Å². The second kappa shape index (κ2) is 63.2. The zero-order valence-electron chi connectivity index (χ0n) is 77.2. The van der Waals surface area contributed by atoms with Crippen molar-refractivity contribution >= 4 is 111 Å². The molecular formula is C95H93Cl3F11N11O25. The minimum absolute atomic E-state index is 0. The Morgan fingerprint density at radius 1 is 0.441 bits per heavy atom. The number of nitrogen functional groups attached to an aromatic ring is 1. The van der Waals surface area contributed by atoms with Crippen LogP contribution in [0.3, 0.4) is 0 Å². The van der Waals surface area contributed by atoms with Crippen molar-refractivity contribution in [1.82, 2.24) is 19.6 Å². The number of hydrogen-bond donors (Lipinski definition) is 7. The van der Waals surface area contributed by atoms with Gasteiger partial charge in [-0.3, -0.25) is 74.5 Å². The molecule has 0 unspecified atom stereocenters. The van der Waals surface area contributed by atoms with Crippen LogP contribution in [-0.4, -0.2) is 163 Å². The molecule has 2 aromatic heterocycles. The molecule has 0 spiro atoms. The molecule has 2 heterocycles. The molecule has 0 aliphatic heterocycles. The first-order chi connectivity index (χ1) is 68.2. The Labute approximate surface area is 833 Å². The Kier molecular flexibility index (Phi) is 53.8. The highest BCUT2D eigenvalue weighted by molar-refractivity contribution is 6.31. The molecule has 1 amide bonds. The number of hydrogen-bond acceptors (Lipinski definition) is 29. The Balaban J connectivity index is 0.000000427. The molecule has 0 radical (unpaired) electrons. The normalized spacial score (nSPS) is 10.2. The lowest BCUT2D eigenvalue weighted by Gasteiger charge is -2.13. The smallest absolute Gasteiger partial charge is 0.435 e. The number of ketones is 1. The van der Waals surface area contributed by atoms with Crippen LogP contribution < -0.4 is 21.5 Å². The number of nitro groups is 4. The third-order valence-electron chi connectivity index (χ3n) is 18.6. The van der Waals surface area contributed by atoms with E-state index in [0.29, 0.717) is 92.6 Å². The summed E-state index contributed by atoms with van der Waals surface area (Å²) in [6.07, 6.45) is -3.65. The molecule has 12 aromatic rings. The van der Waals surface area contributed by atoms with Crippen molar-refractivity contribution in [3.63, 3.8) is 0 Å². The zero-order valence-corrected chi connectivity index (χ0v) is 79.5. The molecule has 36 nitrogen and oxygen atoms in total. The largest absolute Gasteiger partial charge is 0.469 e. The van der Waals surface area contributed by atoms with Crippen molar-refractivity contribution in [2.45, 2.75) is 83.4 Å². The van der Waals surface area contributed by atoms with Crippen LogP contribution in [-0.2, 0) is 110 Å². The third kappa shape index (κ3) is 42.9. The van der Waals surface area contributed by atoms with E-state index in [1.165, 1.54) is 69.9 Å². The highest BCUT2D eigenvalue weighted by Crippen LogP contribution is 2.32. The predicted molar refractivity (Wildman–Crippen MR) is 505 cm³/mol. The van der Waals surface area contributed by atoms with Gasteiger partial charge in [-0.1, -0.05) is 77.8 Å². The fourth-order valence-electron chi connectivity index (χ4n) is 11.6. The van der Waals surface area contributed by atoms with E-state index in [-0.39, 0.29) is 135 Å². The number of halogens is 14. The highest BCUT2D eigenvalue weighted by atomic mass is 35.5. The van der Waals surface area contributed by atoms with Gasteiger partial charge < -0.3 is 60.3 Å². The molecule has 0 saturated heterocycles. The Morgan fingerprint density at radius 2 is 0.862 bits per heavy atom. The minimum atomic E-state index is -4.49. The number of anilines is 2. The Bertz CT molecular complexity index is 6350. The van der Waals surface area contributed by atoms with E-state index in [9.17, 15) is 122 Å². The second-order valence-corrected chi connectivity index (χ2v) is 29.6. The maximum atomic E-state index is 14.0. The number of methoxy groups -OCH3 is 5. The van der Waals surface area contributed by atoms with Crippen LogP contribution in [0.15, 0.2) is 218 Å². The van der Waals surface area contributed by atoms with Gasteiger partial charge in [0.1, 0.15) is 52.9 Å². The summed E-state index contributed by atoms with van der Waals surface area (Å²) in [5.74, 6) is -11.0. The highest BCUT2D eigenvalue weighted by Gasteiger charge is 2.36. The van der Waals surface area contributed by atoms with Crippen LogP contribution >= 0.6 is 35.6 Å². The average Bonchev–Trinajstić information content (AvgIpc) is 1.44. The van der Waals surface area contributed by atoms with Gasteiger partial charge in [0.05, 0.1) is 109 Å². The predicted octanol–water partition coefficient (Wildman–Crippen LogP) is 17.1. The number of carbonyl (C=O) groups is 7. The van der Waals surface area contributed by atoms with E-state index < -0.39 is 120 Å². The molecule has 9 N–H and O–H groups in total. The van der Waals surface area contributed by atoms with Gasteiger partial charge in [0.15, 0.2) is 23.2 Å². The van der Waals surface area contributed by atoms with Gasteiger partial charge >= 0.3 is 42.1 Å². The standard InChI is InChI=1S/C22H22ClFN2O2.C15H14FNO3.C11H9ClF3N3.C11H10FNO6.C9H8FNO4.C8H8FNO3.C8H10FNO.C6H3F2NO2.C5H8O4.ClH/c1-15-11-20(26(25-15)19-4-2-3-18(23)14-19)7-8-21(28)12-16-5-6-17(9-10-27)22(24)13-16;16-14-10-12(7-6-11(14)8-9-18)17-15(19)20-13-4-2-1-3-5-13;12-7-2-1-3-8(4-7)18-9(6-16)5-10(17-18)11(13,14)15;1-18-10(14)9(11(15)19-2)7-4-3-6(13(16)17)5-8(7)12;1-15-9(12)4-6-2-3-7(11(13)14)5-8(6)10;9-8-5-7(10(12)13)2-1-6(8)3-4-11;9-8-5-7(10)2-1-6(8)3-4-11;7-5-2-1-4(9(10)11)3-6(5)8;1-8-4(6)3-5(7)9-2;/h2-6,11,13-14,27H,7-10,12H2,1H3;1-7,10,18H,8-9H2,(H,17,19);1-5H,6,16H2;3-5,9H,1-2H3;2-3,5H,4H2,1H3;1-2,5,11H,3-4H2;1-2,5,11H,3-4,10H2;1-3H;3H2,1-2H3;1H. The number of nitrogens with one attached hydrogen (secondary N) is 1. The number of Topliss-reactive ketones (excluding diaryl/α,β-unsaturated/α-hetero) is 1. The Morgan fingerprint density at radius 3 is 1.28 bits per heavy atom. The van der Waals surface area contributed by atoms with E-state index in [4.69, 9.17) is 59.8 Å². The summed E-state index contributed by atoms with van der Waals surface area (Å²) in [7, 11) is 5.67. The number of para-hydroxylation sites is 1. The number of non-ortho nitro benzene ring substituents is 4. The molecule has 0 atom stereocenters. The first-order valence-electron chi connectivity index (χ1n) is 41.5. The number of aryl methyl sites for hydroxylation is 2. The SMILES string of the molecule is COC(=O)C(C(=O)OC)c1ccc([N+](=O)[O-])cc1F.COC(=O)CC(=O)OC.COC(=O)Cc1ccc([N+](=O)[O-])cc1F.Cc1cc(CCC(=O)Cc2ccc(CCO)c(F)c2)n(-c2cccc(Cl)c2)n1.Cl.NCc1cc(C(F)(F)F)nn1-c1cccc(Cl)c1.Nc1ccc(CCO)c(F)c1.O=C(Nc1ccc(CCO)c(F)c1)Oc1ccccc1.O=[N+]([O-])c1ccc(CCO)c(F)c1.O=[N+]([O-])c1ccc(F)c(F)c1. The lowest BCUT2D eigenvalue weighted by atomic mass is 9.98. The fourth-order valence-corrected chi connectivity index (χ4v) is 12.0. The van der Waals surface area contributed by atoms with E-state index in [1.807, 2.05) is 31.2 Å². The number of aliphatic hydroxyl groups excluding tert-OH is 4. The maximum Gasteiger partial charge on any atom is 0.435 e. The van der Waals surface area contributed by atoms with Gasteiger partial charge in [-0.2, -0.15) is 23.4 Å². The molecule has 0 saturated carbocycles. The van der Waals surface area contributed by atoms with Crippen molar-refractivity contribution in [2.24, 2.45) is 5.73 Å². The molecule has 0 bridgehead atoms. The Hall–Kier alpha value is -15.8. The number of nitrogens with two attached hydrogens (primary N) is 2. The van der Waals surface area contributed by atoms with Crippen LogP contribution in [0.1, 0.15) is 80.5 Å². The number of carbonyl (C=O) groups excluding carboxylic acids is 7. The van der Waals surface area contributed by atoms with Crippen molar-refractivity contribution in [2.75, 3.05) is 73.0 Å². The minimum Gasteiger partial charge on any atom is -0.469 e. The second-order valence-electron chi connectivity index (χ2n) is 28.7. The molecule has 0 aliphatic carbocycles. The topological polar surface area (TPSA) is 528 Å². The summed E-state index contributed by atoms with van der Waals surface area (Å²) in [6, 6.07) is 50.0. The van der Waals surface area contributed by atoms with Crippen LogP contribution in [0.4, 0.5) is 87.2 Å². The number of ether oxygens (including phenoxy) is 6. The van der Waals surface area contributed by atoms with Crippen LogP contribution in [0.5, 0.6) is 5.75 Å². The fraction of sp³-hybridized carbons (Fsp3) is 0.232. The molecule has 776 valence electrons. The molecule has 12 rings (SSSR count). The van der Waals surface area contributed by atoms with E-state index in [0.717, 1.165) is 78.4 Å². The summed E-state index contributed by atoms with van der Waals surface area (Å²) in [5.41, 5.74) is 14.3. The third-order valence-corrected chi connectivity index (χ3v) is 19.1. The number of benzene rings is 10. The van der Waals surface area contributed by atoms with Crippen LogP contribution in [0, 0.1) is 93.9 Å². The number of rotatable bonds is 29. The van der Waals surface area contributed by atoms with Crippen molar-refractivity contribution in [3.8, 4) is 17.1 Å². The lowest BCUT2D eigenvalue weighted by molar-refractivity contribution is -0.385. The summed E-state index contributed by atoms with van der Waals surface area (Å²) in [5, 5.41) is 87.2. The van der Waals surface area contributed by atoms with Crippen molar-refractivity contribution in [3.05, 3.63) is 377 Å². The number of amides is 1. The molecular weight excluding hydrogens is 2010 g/mol.